The third-order valence-electron chi connectivity index (χ3n) is 8.40. The van der Waals surface area contributed by atoms with Gasteiger partial charge in [0.05, 0.1) is 61.1 Å². The number of amides is 5. The van der Waals surface area contributed by atoms with Crippen LogP contribution in [-0.4, -0.2) is 127 Å². The predicted molar refractivity (Wildman–Crippen MR) is 235 cm³/mol. The highest BCUT2D eigenvalue weighted by Crippen LogP contribution is 2.42. The van der Waals surface area contributed by atoms with Crippen LogP contribution < -0.4 is 44.3 Å². The third kappa shape index (κ3) is 17.3. The van der Waals surface area contributed by atoms with Gasteiger partial charge in [-0.1, -0.05) is 18.1 Å². The number of hydrogen-bond acceptors (Lipinski definition) is 16. The number of aromatic carboxylic acids is 1. The van der Waals surface area contributed by atoms with E-state index in [2.05, 4.69) is 44.1 Å². The van der Waals surface area contributed by atoms with E-state index in [1.54, 1.807) is 5.32 Å². The Labute approximate surface area is 396 Å². The molecule has 0 radical (unpaired) electrons. The van der Waals surface area contributed by atoms with Crippen molar-refractivity contribution < 1.29 is 97.9 Å². The molecular weight excluding hydrogens is 1010 g/mol. The summed E-state index contributed by atoms with van der Waals surface area (Å²) < 4.78 is 113. The maximum atomic E-state index is 14.7. The number of hydrogen-bond donors (Lipinski definition) is 6. The molecule has 23 nitrogen and oxygen atoms in total. The van der Waals surface area contributed by atoms with Crippen LogP contribution in [0.4, 0.5) is 44.1 Å². The number of urea groups is 1. The highest BCUT2D eigenvalue weighted by atomic mass is 32.2. The first-order valence-electron chi connectivity index (χ1n) is 19.4. The molecule has 1 aromatic heterocycles. The normalized spacial score (nSPS) is 14.8. The summed E-state index contributed by atoms with van der Waals surface area (Å²) >= 11 is 0. The molecule has 1 aliphatic carbocycles. The molecule has 0 saturated heterocycles. The van der Waals surface area contributed by atoms with Gasteiger partial charge in [0, 0.05) is 17.2 Å². The smallest absolute Gasteiger partial charge is 0.388 e. The second-order valence-corrected chi connectivity index (χ2v) is 19.9. The van der Waals surface area contributed by atoms with E-state index in [9.17, 15) is 68.6 Å². The molecule has 70 heavy (non-hydrogen) atoms. The van der Waals surface area contributed by atoms with Crippen molar-refractivity contribution in [2.45, 2.75) is 43.8 Å². The van der Waals surface area contributed by atoms with Crippen molar-refractivity contribution in [1.82, 2.24) is 20.0 Å². The Balaban J connectivity index is 0.000000293. The minimum atomic E-state index is -4.71. The van der Waals surface area contributed by atoms with Gasteiger partial charge in [-0.05, 0) is 54.8 Å². The summed E-state index contributed by atoms with van der Waals surface area (Å²) in [6.45, 7) is -7.56. The number of benzene rings is 2. The lowest BCUT2D eigenvalue weighted by Gasteiger charge is -2.29. The number of nitrogens with zero attached hydrogens (tertiary/aromatic N) is 4. The van der Waals surface area contributed by atoms with E-state index in [-0.39, 0.29) is 36.2 Å². The van der Waals surface area contributed by atoms with Crippen molar-refractivity contribution in [2.75, 3.05) is 59.9 Å². The molecule has 3 heterocycles. The maximum Gasteiger partial charge on any atom is 0.388 e. The van der Waals surface area contributed by atoms with E-state index in [1.807, 2.05) is 5.32 Å². The molecule has 31 heteroatoms. The van der Waals surface area contributed by atoms with Crippen molar-refractivity contribution in [2.24, 2.45) is 0 Å². The first-order chi connectivity index (χ1) is 32.6. The lowest BCUT2D eigenvalue weighted by Crippen LogP contribution is -2.39. The average molecular weight is 1050 g/mol. The summed E-state index contributed by atoms with van der Waals surface area (Å²) in [6, 6.07) is 5.59. The van der Waals surface area contributed by atoms with E-state index in [4.69, 9.17) is 26.3 Å². The zero-order chi connectivity index (χ0) is 52.7. The fourth-order valence-corrected chi connectivity index (χ4v) is 7.36. The average Bonchev–Trinajstić information content (AvgIpc) is 3.49. The predicted octanol–water partition coefficient (Wildman–Crippen LogP) is 2.47. The molecular formula is C39H41F5N7O16PS2. The van der Waals surface area contributed by atoms with Gasteiger partial charge in [-0.2, -0.15) is 27.5 Å². The number of carbonyl (C=O) groups is 6. The number of alkyl halides is 4. The topological polar surface area (TPSA) is 333 Å². The highest BCUT2D eigenvalue weighted by Gasteiger charge is 2.42. The summed E-state index contributed by atoms with van der Waals surface area (Å²) in [6.07, 6.45) is 13.9. The van der Waals surface area contributed by atoms with E-state index in [0.29, 0.717) is 40.9 Å². The number of aromatic nitrogens is 2. The molecule has 0 saturated carbocycles. The summed E-state index contributed by atoms with van der Waals surface area (Å²) in [7, 11) is -8.42. The number of halogens is 5. The monoisotopic (exact) mass is 1050 g/mol. The minimum absolute atomic E-state index is 0.0170. The van der Waals surface area contributed by atoms with Crippen LogP contribution in [0.15, 0.2) is 58.5 Å². The van der Waals surface area contributed by atoms with E-state index in [1.165, 1.54) is 27.8 Å². The fourth-order valence-electron chi connectivity index (χ4n) is 5.85. The molecule has 6 rings (SSSR count). The number of carboxylic acid groups (broad SMARTS) is 2. The Kier molecular flexibility index (Phi) is 21.0. The van der Waals surface area contributed by atoms with E-state index < -0.39 is 107 Å². The summed E-state index contributed by atoms with van der Waals surface area (Å²) in [5.41, 5.74) is 0.348. The molecule has 0 spiro atoms. The van der Waals surface area contributed by atoms with Crippen molar-refractivity contribution in [1.29, 1.82) is 0 Å². The molecule has 3 aliphatic rings. The fraction of sp³-hybridized carbons (Fsp3) is 0.333. The molecule has 0 fully saturated rings. The quantitative estimate of drug-likeness (QED) is 0.0444. The number of terminal acetylenes is 1. The number of ether oxygens (including phenoxy) is 3. The minimum Gasteiger partial charge on any atom is -0.778 e. The number of fused-ring (bicyclic) bond motifs is 1. The maximum absolute atomic E-state index is 14.7. The number of aliphatic carboxylic acids is 1. The Bertz CT molecular complexity index is 2650. The van der Waals surface area contributed by atoms with Gasteiger partial charge in [0.2, 0.25) is 17.7 Å². The van der Waals surface area contributed by atoms with Crippen LogP contribution >= 0.6 is 7.60 Å². The Morgan fingerprint density at radius 1 is 0.957 bits per heavy atom. The van der Waals surface area contributed by atoms with Crippen LogP contribution in [0.25, 0.3) is 0 Å². The van der Waals surface area contributed by atoms with E-state index in [0.717, 1.165) is 35.9 Å². The van der Waals surface area contributed by atoms with Crippen LogP contribution in [0.2, 0.25) is 0 Å². The van der Waals surface area contributed by atoms with E-state index >= 15 is 0 Å². The Morgan fingerprint density at radius 3 is 1.99 bits per heavy atom. The molecule has 380 valence electrons. The van der Waals surface area contributed by atoms with Crippen molar-refractivity contribution >= 4 is 81.5 Å². The van der Waals surface area contributed by atoms with Crippen LogP contribution in [0.3, 0.4) is 0 Å². The molecule has 0 bridgehead atoms. The van der Waals surface area contributed by atoms with Crippen molar-refractivity contribution in [3.63, 3.8) is 0 Å². The summed E-state index contributed by atoms with van der Waals surface area (Å²) in [5, 5.41) is 20.7. The number of anilines is 3. The van der Waals surface area contributed by atoms with Crippen LogP contribution in [0.1, 0.15) is 36.0 Å². The van der Waals surface area contributed by atoms with Crippen LogP contribution in [0.5, 0.6) is 17.5 Å². The SMILES string of the molecule is C#CCN1C(=O)COc2cc(F)c(N3C(=O)C4=C(CCCC4)C3=O)cc21.C[S+](C)C.O=C(Nc1nc(OC(F)F)cc(OC(F)F)n1)NS(=O)(=O)c1ccccc1C(=O)O.O=C(O)CNCP(=O)([O-])O. The highest BCUT2D eigenvalue weighted by molar-refractivity contribution is 7.94. The van der Waals surface area contributed by atoms with Crippen molar-refractivity contribution in [3.05, 3.63) is 65.0 Å². The standard InChI is InChI=1S/C19H15FN2O4.C14H10F4N4O7S.C3H8NO5P.C3H9S/c1-2-7-21-15-9-14(13(20)8-16(15)26-10-17(21)23)22-18(24)11-5-3-4-6-12(11)19(22)25;15-11(16)28-8-5-9(29-12(17)18)20-13(19-8)21-14(25)22-30(26,27)7-4-2-1-3-6(7)10(23)24;5-3(6)1-4-2-10(7,8)9;1-4(2)3/h1,8-9H,3-7,10H2;1-5,11-12H,(H,23,24)(H2,19,20,21,22,25);4H,1-2H2,(H,5,6)(H2,7,8,9);1-3H3/q;;;+1/p-1. The second kappa shape index (κ2) is 25.6. The molecule has 3 aromatic rings. The first kappa shape index (κ1) is 57.4. The molecule has 5 amide bonds. The number of imide groups is 1. The zero-order valence-electron chi connectivity index (χ0n) is 36.5. The van der Waals surface area contributed by atoms with Gasteiger partial charge < -0.3 is 38.8 Å². The third-order valence-corrected chi connectivity index (χ3v) is 10.4. The zero-order valence-corrected chi connectivity index (χ0v) is 39.0. The van der Waals surface area contributed by atoms with Gasteiger partial charge in [-0.25, -0.2) is 32.0 Å². The largest absolute Gasteiger partial charge is 0.778 e. The lowest BCUT2D eigenvalue weighted by atomic mass is 9.93. The Morgan fingerprint density at radius 2 is 1.50 bits per heavy atom. The number of carboxylic acids is 2. The van der Waals surface area contributed by atoms with Gasteiger partial charge in [-0.3, -0.25) is 34.7 Å². The van der Waals surface area contributed by atoms with Gasteiger partial charge in [0.25, 0.3) is 27.7 Å². The number of rotatable bonds is 14. The molecule has 2 aromatic carbocycles. The van der Waals surface area contributed by atoms with Gasteiger partial charge >= 0.3 is 31.2 Å². The lowest BCUT2D eigenvalue weighted by molar-refractivity contribution is -0.193. The summed E-state index contributed by atoms with van der Waals surface area (Å²) in [4.78, 5) is 96.2. The Hall–Kier alpha value is -6.90. The second-order valence-electron chi connectivity index (χ2n) is 14.2. The number of sulfonamides is 1. The first-order valence-corrected chi connectivity index (χ1v) is 25.1. The van der Waals surface area contributed by atoms with Crippen LogP contribution in [0, 0.1) is 18.2 Å². The molecule has 2 aliphatic heterocycles. The molecule has 1 unspecified atom stereocenters. The molecule has 1 atom stereocenters. The van der Waals surface area contributed by atoms with Gasteiger partial charge in [0.15, 0.2) is 12.4 Å². The van der Waals surface area contributed by atoms with Gasteiger partial charge in [0.1, 0.15) is 18.2 Å². The van der Waals surface area contributed by atoms with Crippen molar-refractivity contribution in [3.8, 4) is 29.9 Å². The van der Waals surface area contributed by atoms with Gasteiger partial charge in [-0.15, -0.1) is 6.42 Å². The number of nitrogens with one attached hydrogen (secondary N) is 3. The summed E-state index contributed by atoms with van der Waals surface area (Å²) in [5.74, 6) is -5.22. The number of carbonyl (C=O) groups excluding carboxylic acids is 4. The van der Waals surface area contributed by atoms with Crippen LogP contribution in [-0.2, 0) is 44.7 Å². The molecule has 6 N–H and O–H groups in total.